The number of benzene rings is 2. The minimum Gasteiger partial charge on any atom is -0.481 e. The summed E-state index contributed by atoms with van der Waals surface area (Å²) in [6.45, 7) is 0.650. The fourth-order valence-corrected chi connectivity index (χ4v) is 5.38. The molecule has 2 aliphatic carbocycles. The van der Waals surface area contributed by atoms with Gasteiger partial charge in [0.1, 0.15) is 6.61 Å². The molecule has 0 aromatic heterocycles. The third kappa shape index (κ3) is 5.50. The Morgan fingerprint density at radius 3 is 2.33 bits per heavy atom. The van der Waals surface area contributed by atoms with E-state index in [0.717, 1.165) is 6.42 Å². The molecule has 8 heteroatoms. The summed E-state index contributed by atoms with van der Waals surface area (Å²) in [6.07, 6.45) is 1.66. The average molecular weight is 469 g/mol. The number of thioether (sulfide) groups is 1. The lowest BCUT2D eigenvalue weighted by atomic mass is 9.98. The fourth-order valence-electron chi connectivity index (χ4n) is 4.72. The van der Waals surface area contributed by atoms with E-state index in [4.69, 9.17) is 4.74 Å². The molecule has 2 amide bonds. The number of ether oxygens (including phenoxy) is 1. The van der Waals surface area contributed by atoms with Crippen molar-refractivity contribution in [2.24, 2.45) is 5.92 Å². The number of hydrogen-bond acceptors (Lipinski definition) is 5. The highest BCUT2D eigenvalue weighted by Gasteiger charge is 2.33. The van der Waals surface area contributed by atoms with Crippen LogP contribution in [0.5, 0.6) is 0 Å². The summed E-state index contributed by atoms with van der Waals surface area (Å²) in [6, 6.07) is 16.1. The van der Waals surface area contributed by atoms with Crippen molar-refractivity contribution in [3.63, 3.8) is 0 Å². The molecule has 0 radical (unpaired) electrons. The van der Waals surface area contributed by atoms with Gasteiger partial charge in [-0.1, -0.05) is 55.0 Å². The summed E-state index contributed by atoms with van der Waals surface area (Å²) in [7, 11) is 0. The predicted molar refractivity (Wildman–Crippen MR) is 127 cm³/mol. The molecule has 3 N–H and O–H groups in total. The second-order valence-corrected chi connectivity index (χ2v) is 9.46. The van der Waals surface area contributed by atoms with Crippen molar-refractivity contribution < 1.29 is 24.2 Å². The maximum atomic E-state index is 12.2. The lowest BCUT2D eigenvalue weighted by Crippen LogP contribution is -2.41. The van der Waals surface area contributed by atoms with Crippen molar-refractivity contribution in [1.29, 1.82) is 0 Å². The van der Waals surface area contributed by atoms with E-state index in [2.05, 4.69) is 34.9 Å². The van der Waals surface area contributed by atoms with Gasteiger partial charge in [0.25, 0.3) is 0 Å². The number of nitrogens with one attached hydrogen (secondary N) is 2. The number of carbonyl (C=O) groups excluding carboxylic acids is 2. The van der Waals surface area contributed by atoms with Crippen LogP contribution >= 0.6 is 11.8 Å². The van der Waals surface area contributed by atoms with Gasteiger partial charge in [-0.25, -0.2) is 4.79 Å². The summed E-state index contributed by atoms with van der Waals surface area (Å²) in [4.78, 5) is 35.5. The first-order valence-electron chi connectivity index (χ1n) is 11.2. The predicted octanol–water partition coefficient (Wildman–Crippen LogP) is 3.63. The van der Waals surface area contributed by atoms with E-state index in [0.29, 0.717) is 25.1 Å². The van der Waals surface area contributed by atoms with Gasteiger partial charge >= 0.3 is 12.1 Å². The number of hydrogen-bond donors (Lipinski definition) is 3. The quantitative estimate of drug-likeness (QED) is 0.486. The highest BCUT2D eigenvalue weighted by atomic mass is 32.2. The zero-order valence-electron chi connectivity index (χ0n) is 18.3. The Morgan fingerprint density at radius 1 is 1.00 bits per heavy atom. The van der Waals surface area contributed by atoms with Gasteiger partial charge in [0.05, 0.1) is 11.7 Å². The molecule has 2 aliphatic rings. The average Bonchev–Trinajstić information content (AvgIpc) is 3.40. The second-order valence-electron chi connectivity index (χ2n) is 8.35. The van der Waals surface area contributed by atoms with Crippen LogP contribution in [0.4, 0.5) is 4.79 Å². The van der Waals surface area contributed by atoms with E-state index in [9.17, 15) is 19.5 Å². The molecular formula is C25H28N2O5S. The van der Waals surface area contributed by atoms with Gasteiger partial charge in [0.2, 0.25) is 5.91 Å². The first-order valence-corrected chi connectivity index (χ1v) is 12.4. The molecule has 0 bridgehead atoms. The van der Waals surface area contributed by atoms with E-state index < -0.39 is 18.0 Å². The van der Waals surface area contributed by atoms with Gasteiger partial charge in [-0.2, -0.15) is 11.8 Å². The number of amides is 2. The molecule has 174 valence electrons. The molecule has 0 spiro atoms. The Morgan fingerprint density at radius 2 is 1.67 bits per heavy atom. The molecule has 2 unspecified atom stereocenters. The van der Waals surface area contributed by atoms with Crippen LogP contribution < -0.4 is 10.6 Å². The van der Waals surface area contributed by atoms with Crippen LogP contribution in [0.3, 0.4) is 0 Å². The van der Waals surface area contributed by atoms with Crippen LogP contribution in [0.1, 0.15) is 36.3 Å². The zero-order chi connectivity index (χ0) is 23.2. The Labute approximate surface area is 197 Å². The standard InChI is InChI=1S/C25H28N2O5S/c28-23(27-22-11-5-10-20(22)24(29)30)15-33-13-12-26-25(31)32-14-21-18-8-3-1-6-16(18)17-7-2-4-9-19(17)21/h1-4,6-9,20-22H,5,10-15H2,(H,26,31)(H,27,28)(H,29,30). The first kappa shape index (κ1) is 23.2. The van der Waals surface area contributed by atoms with Crippen LogP contribution in [0, 0.1) is 5.92 Å². The number of carboxylic acids is 1. The molecule has 1 saturated carbocycles. The van der Waals surface area contributed by atoms with Gasteiger partial charge in [-0.15, -0.1) is 0 Å². The Bertz CT molecular complexity index is 982. The SMILES string of the molecule is O=C(CSCCNC(=O)OCC1c2ccccc2-c2ccccc21)NC1CCCC1C(=O)O. The van der Waals surface area contributed by atoms with Gasteiger partial charge in [-0.3, -0.25) is 9.59 Å². The van der Waals surface area contributed by atoms with E-state index in [1.54, 1.807) is 0 Å². The summed E-state index contributed by atoms with van der Waals surface area (Å²) in [5.41, 5.74) is 4.70. The van der Waals surface area contributed by atoms with Gasteiger partial charge in [-0.05, 0) is 35.1 Å². The smallest absolute Gasteiger partial charge is 0.407 e. The molecule has 7 nitrogen and oxygen atoms in total. The maximum Gasteiger partial charge on any atom is 0.407 e. The zero-order valence-corrected chi connectivity index (χ0v) is 19.1. The van der Waals surface area contributed by atoms with Crippen LogP contribution in [0.25, 0.3) is 11.1 Å². The van der Waals surface area contributed by atoms with E-state index in [-0.39, 0.29) is 30.2 Å². The largest absolute Gasteiger partial charge is 0.481 e. The number of aliphatic carboxylic acids is 1. The van der Waals surface area contributed by atoms with Gasteiger partial charge in [0.15, 0.2) is 0 Å². The van der Waals surface area contributed by atoms with Crippen molar-refractivity contribution in [3.05, 3.63) is 59.7 Å². The highest BCUT2D eigenvalue weighted by molar-refractivity contribution is 7.99. The molecule has 0 aliphatic heterocycles. The normalized spacial score (nSPS) is 18.9. The van der Waals surface area contributed by atoms with E-state index in [1.807, 2.05) is 24.3 Å². The molecule has 2 aromatic rings. The summed E-state index contributed by atoms with van der Waals surface area (Å²) in [5, 5.41) is 14.8. The first-order chi connectivity index (χ1) is 16.0. The lowest BCUT2D eigenvalue weighted by molar-refractivity contribution is -0.142. The molecule has 4 rings (SSSR count). The van der Waals surface area contributed by atoms with E-state index >= 15 is 0 Å². The molecule has 1 fully saturated rings. The van der Waals surface area contributed by atoms with Crippen LogP contribution in [-0.4, -0.2) is 53.8 Å². The third-order valence-corrected chi connectivity index (χ3v) is 7.23. The molecule has 33 heavy (non-hydrogen) atoms. The van der Waals surface area contributed by atoms with Crippen molar-refractivity contribution in [2.45, 2.75) is 31.2 Å². The molecule has 2 atom stereocenters. The molecular weight excluding hydrogens is 440 g/mol. The van der Waals surface area contributed by atoms with Crippen molar-refractivity contribution in [1.82, 2.24) is 10.6 Å². The van der Waals surface area contributed by atoms with Gasteiger partial charge in [0, 0.05) is 24.3 Å². The summed E-state index contributed by atoms with van der Waals surface area (Å²) >= 11 is 1.39. The molecule has 0 saturated heterocycles. The minimum atomic E-state index is -0.849. The Balaban J connectivity index is 1.15. The number of carbonyl (C=O) groups is 3. The summed E-state index contributed by atoms with van der Waals surface area (Å²) < 4.78 is 5.50. The minimum absolute atomic E-state index is 0.0198. The van der Waals surface area contributed by atoms with Crippen molar-refractivity contribution >= 4 is 29.7 Å². The Hall–Kier alpha value is -3.00. The number of alkyl carbamates (subject to hydrolysis) is 1. The van der Waals surface area contributed by atoms with Crippen LogP contribution in [0.2, 0.25) is 0 Å². The topological polar surface area (TPSA) is 105 Å². The van der Waals surface area contributed by atoms with Crippen LogP contribution in [0.15, 0.2) is 48.5 Å². The number of rotatable bonds is 9. The summed E-state index contributed by atoms with van der Waals surface area (Å²) in [5.74, 6) is -0.697. The third-order valence-electron chi connectivity index (χ3n) is 6.27. The fraction of sp³-hybridized carbons (Fsp3) is 0.400. The maximum absolute atomic E-state index is 12.2. The monoisotopic (exact) mass is 468 g/mol. The van der Waals surface area contributed by atoms with Gasteiger partial charge < -0.3 is 20.5 Å². The van der Waals surface area contributed by atoms with Crippen LogP contribution in [-0.2, 0) is 14.3 Å². The Kier molecular flexibility index (Phi) is 7.54. The highest BCUT2D eigenvalue weighted by Crippen LogP contribution is 2.44. The lowest BCUT2D eigenvalue weighted by Gasteiger charge is -2.17. The molecule has 0 heterocycles. The van der Waals surface area contributed by atoms with Crippen molar-refractivity contribution in [3.8, 4) is 11.1 Å². The number of fused-ring (bicyclic) bond motifs is 3. The van der Waals surface area contributed by atoms with E-state index in [1.165, 1.54) is 34.0 Å². The van der Waals surface area contributed by atoms with Crippen molar-refractivity contribution in [2.75, 3.05) is 24.7 Å². The second kappa shape index (κ2) is 10.7. The number of carboxylic acid groups (broad SMARTS) is 1. The molecule has 2 aromatic carbocycles.